The van der Waals surface area contributed by atoms with Crippen LogP contribution in [0.1, 0.15) is 27.2 Å². The van der Waals surface area contributed by atoms with Gasteiger partial charge in [-0.1, -0.05) is 6.92 Å². The smallest absolute Gasteiger partial charge is 0.322 e. The van der Waals surface area contributed by atoms with E-state index in [1.807, 2.05) is 27.9 Å². The molecule has 1 aromatic heterocycles. The lowest BCUT2D eigenvalue weighted by molar-refractivity contribution is -0.119. The van der Waals surface area contributed by atoms with Crippen molar-refractivity contribution in [2.75, 3.05) is 31.1 Å². The maximum absolute atomic E-state index is 11.4. The molecule has 0 bridgehead atoms. The van der Waals surface area contributed by atoms with Crippen LogP contribution in [-0.2, 0) is 4.79 Å². The van der Waals surface area contributed by atoms with Crippen LogP contribution in [0.2, 0.25) is 0 Å². The quantitative estimate of drug-likeness (QED) is 0.765. The number of hydrogen-bond acceptors (Lipinski definition) is 7. The van der Waals surface area contributed by atoms with Gasteiger partial charge >= 0.3 is 6.01 Å². The van der Waals surface area contributed by atoms with Crippen molar-refractivity contribution in [3.63, 3.8) is 0 Å². The first-order valence-corrected chi connectivity index (χ1v) is 6.42. The van der Waals surface area contributed by atoms with Crippen LogP contribution in [0.3, 0.4) is 0 Å². The van der Waals surface area contributed by atoms with Crippen molar-refractivity contribution >= 4 is 17.8 Å². The summed E-state index contributed by atoms with van der Waals surface area (Å²) in [6.45, 7) is 5.44. The summed E-state index contributed by atoms with van der Waals surface area (Å²) in [4.78, 5) is 25.8. The molecule has 8 nitrogen and oxygen atoms in total. The largest absolute Gasteiger partial charge is 0.467 e. The van der Waals surface area contributed by atoms with E-state index in [0.717, 1.165) is 6.42 Å². The average Bonchev–Trinajstić information content (AvgIpc) is 2.43. The molecule has 1 amide bonds. The first kappa shape index (κ1) is 15.9. The number of hydrogen-bond donors (Lipinski definition) is 1. The minimum atomic E-state index is -0.184. The highest BCUT2D eigenvalue weighted by atomic mass is 16.5. The number of carbonyl (C=O) groups excluding carboxylic acids is 1. The zero-order valence-electron chi connectivity index (χ0n) is 12.8. The molecular weight excluding hydrogens is 260 g/mol. The molecule has 0 aliphatic rings. The van der Waals surface area contributed by atoms with Crippen molar-refractivity contribution in [3.8, 4) is 6.01 Å². The Morgan fingerprint density at radius 2 is 1.90 bits per heavy atom. The summed E-state index contributed by atoms with van der Waals surface area (Å²) in [7, 11) is 5.14. The van der Waals surface area contributed by atoms with Gasteiger partial charge in [-0.05, 0) is 13.3 Å². The Kier molecular flexibility index (Phi) is 5.48. The van der Waals surface area contributed by atoms with Crippen LogP contribution in [0, 0.1) is 0 Å². The van der Waals surface area contributed by atoms with E-state index in [1.54, 1.807) is 9.91 Å². The van der Waals surface area contributed by atoms with E-state index in [1.165, 1.54) is 14.0 Å². The van der Waals surface area contributed by atoms with Crippen LogP contribution < -0.4 is 20.1 Å². The van der Waals surface area contributed by atoms with Crippen molar-refractivity contribution in [2.45, 2.75) is 33.2 Å². The van der Waals surface area contributed by atoms with Crippen molar-refractivity contribution in [2.24, 2.45) is 0 Å². The molecule has 0 aromatic carbocycles. The number of nitrogens with zero attached hydrogens (tertiary/aromatic N) is 5. The fourth-order valence-corrected chi connectivity index (χ4v) is 1.44. The van der Waals surface area contributed by atoms with Crippen molar-refractivity contribution in [1.29, 1.82) is 0 Å². The molecule has 1 rings (SSSR count). The van der Waals surface area contributed by atoms with Crippen LogP contribution in [0.15, 0.2) is 0 Å². The molecular formula is C12H22N6O2. The molecule has 8 heteroatoms. The van der Waals surface area contributed by atoms with E-state index in [9.17, 15) is 4.79 Å². The molecule has 1 N–H and O–H groups in total. The first-order chi connectivity index (χ1) is 9.38. The molecule has 0 fully saturated rings. The summed E-state index contributed by atoms with van der Waals surface area (Å²) >= 11 is 0. The molecule has 1 aromatic rings. The van der Waals surface area contributed by atoms with E-state index < -0.39 is 0 Å². The number of aromatic nitrogens is 3. The van der Waals surface area contributed by atoms with Gasteiger partial charge in [0.2, 0.25) is 11.9 Å². The molecule has 20 heavy (non-hydrogen) atoms. The van der Waals surface area contributed by atoms with Gasteiger partial charge in [-0.15, -0.1) is 0 Å². The maximum Gasteiger partial charge on any atom is 0.322 e. The summed E-state index contributed by atoms with van der Waals surface area (Å²) in [5, 5.41) is 1.62. The normalized spacial score (nSPS) is 11.7. The third kappa shape index (κ3) is 3.94. The Morgan fingerprint density at radius 3 is 2.35 bits per heavy atom. The van der Waals surface area contributed by atoms with Crippen molar-refractivity contribution in [3.05, 3.63) is 0 Å². The van der Waals surface area contributed by atoms with Gasteiger partial charge in [0.05, 0.1) is 13.2 Å². The fourth-order valence-electron chi connectivity index (χ4n) is 1.44. The van der Waals surface area contributed by atoms with E-state index in [2.05, 4.69) is 20.4 Å². The molecule has 0 aliphatic carbocycles. The van der Waals surface area contributed by atoms with Gasteiger partial charge in [0, 0.05) is 21.0 Å². The highest BCUT2D eigenvalue weighted by Gasteiger charge is 2.20. The molecule has 0 radical (unpaired) electrons. The molecule has 0 saturated heterocycles. The van der Waals surface area contributed by atoms with Crippen LogP contribution in [0.4, 0.5) is 11.9 Å². The van der Waals surface area contributed by atoms with Gasteiger partial charge < -0.3 is 9.64 Å². The van der Waals surface area contributed by atoms with Crippen molar-refractivity contribution < 1.29 is 9.53 Å². The zero-order chi connectivity index (χ0) is 15.3. The van der Waals surface area contributed by atoms with E-state index >= 15 is 0 Å². The van der Waals surface area contributed by atoms with E-state index in [4.69, 9.17) is 4.74 Å². The van der Waals surface area contributed by atoms with Crippen molar-refractivity contribution in [1.82, 2.24) is 20.4 Å². The monoisotopic (exact) mass is 282 g/mol. The SMILES string of the molecule is CC[C@@H](C)N(NC(C)=O)c1nc(OC)nc(N(C)C)n1. The Morgan fingerprint density at radius 1 is 1.30 bits per heavy atom. The number of amides is 1. The molecule has 1 heterocycles. The van der Waals surface area contributed by atoms with Gasteiger partial charge in [-0.3, -0.25) is 10.2 Å². The Bertz CT molecular complexity index is 465. The summed E-state index contributed by atoms with van der Waals surface area (Å²) in [6, 6.07) is 0.248. The van der Waals surface area contributed by atoms with Crippen LogP contribution in [0.5, 0.6) is 6.01 Å². The second-order valence-corrected chi connectivity index (χ2v) is 4.61. The number of hydrazine groups is 1. The number of carbonyl (C=O) groups is 1. The van der Waals surface area contributed by atoms with Gasteiger partial charge in [-0.2, -0.15) is 15.0 Å². The summed E-state index contributed by atoms with van der Waals surface area (Å²) in [5.41, 5.74) is 2.73. The molecule has 0 spiro atoms. The number of anilines is 2. The fraction of sp³-hybridized carbons (Fsp3) is 0.667. The topological polar surface area (TPSA) is 83.5 Å². The number of nitrogens with one attached hydrogen (secondary N) is 1. The lowest BCUT2D eigenvalue weighted by Crippen LogP contribution is -2.47. The van der Waals surface area contributed by atoms with Gasteiger partial charge in [0.1, 0.15) is 0 Å². The molecule has 0 aliphatic heterocycles. The van der Waals surface area contributed by atoms with Gasteiger partial charge in [-0.25, -0.2) is 5.01 Å². The maximum atomic E-state index is 11.4. The number of methoxy groups -OCH3 is 1. The second-order valence-electron chi connectivity index (χ2n) is 4.61. The summed E-state index contributed by atoms with van der Waals surface area (Å²) < 4.78 is 5.09. The highest BCUT2D eigenvalue weighted by Crippen LogP contribution is 2.17. The predicted molar refractivity (Wildman–Crippen MR) is 76.8 cm³/mol. The minimum absolute atomic E-state index is 0.0426. The van der Waals surface area contributed by atoms with Crippen LogP contribution in [-0.4, -0.2) is 48.1 Å². The average molecular weight is 282 g/mol. The zero-order valence-corrected chi connectivity index (χ0v) is 12.8. The summed E-state index contributed by atoms with van der Waals surface area (Å²) in [6.07, 6.45) is 0.825. The Labute approximate surface area is 119 Å². The third-order valence-corrected chi connectivity index (χ3v) is 2.70. The number of rotatable bonds is 6. The summed E-state index contributed by atoms with van der Waals surface area (Å²) in [5.74, 6) is 0.631. The lowest BCUT2D eigenvalue weighted by atomic mass is 10.2. The van der Waals surface area contributed by atoms with Crippen LogP contribution >= 0.6 is 0 Å². The minimum Gasteiger partial charge on any atom is -0.467 e. The first-order valence-electron chi connectivity index (χ1n) is 6.42. The Hall–Kier alpha value is -2.12. The van der Waals surface area contributed by atoms with Gasteiger partial charge in [0.15, 0.2) is 0 Å². The lowest BCUT2D eigenvalue weighted by Gasteiger charge is -2.28. The standard InChI is InChI=1S/C12H22N6O2/c1-7-8(2)18(16-9(3)19)11-13-10(17(4)5)14-12(15-11)20-6/h8H,7H2,1-6H3,(H,16,19)/t8-/m1/s1. The molecule has 112 valence electrons. The highest BCUT2D eigenvalue weighted by molar-refractivity contribution is 5.74. The number of ether oxygens (including phenoxy) is 1. The van der Waals surface area contributed by atoms with E-state index in [-0.39, 0.29) is 18.0 Å². The molecule has 0 unspecified atom stereocenters. The molecule has 0 saturated carbocycles. The van der Waals surface area contributed by atoms with Gasteiger partial charge in [0.25, 0.3) is 5.95 Å². The second kappa shape index (κ2) is 6.88. The van der Waals surface area contributed by atoms with E-state index in [0.29, 0.717) is 11.9 Å². The van der Waals surface area contributed by atoms with Crippen LogP contribution in [0.25, 0.3) is 0 Å². The third-order valence-electron chi connectivity index (χ3n) is 2.70. The Balaban J connectivity index is 3.23. The predicted octanol–water partition coefficient (Wildman–Crippen LogP) is 0.602. The molecule has 1 atom stereocenters.